The fourth-order valence-corrected chi connectivity index (χ4v) is 2.31. The summed E-state index contributed by atoms with van der Waals surface area (Å²) in [5, 5.41) is 0. The number of rotatable bonds is 14. The van der Waals surface area contributed by atoms with Gasteiger partial charge in [-0.2, -0.15) is 0 Å². The highest BCUT2D eigenvalue weighted by molar-refractivity contribution is 5.81. The maximum Gasteiger partial charge on any atom is 0.330 e. The van der Waals surface area contributed by atoms with Crippen LogP contribution in [0.2, 0.25) is 0 Å². The molecule has 0 bridgehead atoms. The van der Waals surface area contributed by atoms with Crippen molar-refractivity contribution in [3.05, 3.63) is 25.3 Å². The van der Waals surface area contributed by atoms with Crippen LogP contribution in [0.4, 0.5) is 0 Å². The van der Waals surface area contributed by atoms with E-state index in [1.807, 2.05) is 0 Å². The molecular weight excluding hydrogens is 328 g/mol. The van der Waals surface area contributed by atoms with Gasteiger partial charge in [0.2, 0.25) is 0 Å². The van der Waals surface area contributed by atoms with Crippen LogP contribution in [-0.4, -0.2) is 25.2 Å². The molecule has 4 heteroatoms. The molecule has 0 saturated heterocycles. The summed E-state index contributed by atoms with van der Waals surface area (Å²) < 4.78 is 9.97. The van der Waals surface area contributed by atoms with Crippen molar-refractivity contribution in [2.45, 2.75) is 79.1 Å². The SMILES string of the molecule is C=CC(=O)OCC(CC)CCCC.C=CC(=O)OCC(CC)CCCC. The first-order valence-electron chi connectivity index (χ1n) is 10.1. The maximum atomic E-state index is 10.8. The molecule has 0 aromatic carbocycles. The van der Waals surface area contributed by atoms with Crippen LogP contribution in [0.15, 0.2) is 25.3 Å². The minimum absolute atomic E-state index is 0.310. The van der Waals surface area contributed by atoms with Gasteiger partial charge in [-0.3, -0.25) is 0 Å². The minimum Gasteiger partial charge on any atom is -0.462 e. The molecular formula is C22H40O4. The van der Waals surface area contributed by atoms with Crippen LogP contribution in [0.25, 0.3) is 0 Å². The van der Waals surface area contributed by atoms with Crippen molar-refractivity contribution >= 4 is 11.9 Å². The fourth-order valence-electron chi connectivity index (χ4n) is 2.31. The summed E-state index contributed by atoms with van der Waals surface area (Å²) in [6, 6.07) is 0. The molecule has 0 aliphatic carbocycles. The van der Waals surface area contributed by atoms with Gasteiger partial charge in [0.25, 0.3) is 0 Å². The van der Waals surface area contributed by atoms with Gasteiger partial charge in [-0.1, -0.05) is 79.4 Å². The lowest BCUT2D eigenvalue weighted by Crippen LogP contribution is -2.12. The lowest BCUT2D eigenvalue weighted by atomic mass is 10.0. The first kappa shape index (κ1) is 26.6. The number of carbonyl (C=O) groups excluding carboxylic acids is 2. The zero-order valence-electron chi connectivity index (χ0n) is 17.4. The van der Waals surface area contributed by atoms with Crippen molar-refractivity contribution in [2.75, 3.05) is 13.2 Å². The first-order valence-corrected chi connectivity index (χ1v) is 10.1. The Bertz CT molecular complexity index is 340. The molecule has 2 unspecified atom stereocenters. The molecule has 0 aliphatic rings. The molecule has 0 heterocycles. The van der Waals surface area contributed by atoms with Gasteiger partial charge in [0.1, 0.15) is 0 Å². The first-order chi connectivity index (χ1) is 12.5. The third-order valence-electron chi connectivity index (χ3n) is 4.34. The van der Waals surface area contributed by atoms with Crippen molar-refractivity contribution in [3.63, 3.8) is 0 Å². The number of carbonyl (C=O) groups is 2. The van der Waals surface area contributed by atoms with Gasteiger partial charge in [-0.05, 0) is 24.7 Å². The smallest absolute Gasteiger partial charge is 0.330 e. The summed E-state index contributed by atoms with van der Waals surface area (Å²) in [5.41, 5.74) is 0. The van der Waals surface area contributed by atoms with Crippen LogP contribution in [0.5, 0.6) is 0 Å². The Morgan fingerprint density at radius 2 is 1.12 bits per heavy atom. The molecule has 0 rings (SSSR count). The number of ether oxygens (including phenoxy) is 2. The predicted octanol–water partition coefficient (Wildman–Crippen LogP) is 5.86. The second-order valence-corrected chi connectivity index (χ2v) is 6.50. The van der Waals surface area contributed by atoms with Gasteiger partial charge in [0, 0.05) is 12.2 Å². The number of unbranched alkanes of at least 4 members (excludes halogenated alkanes) is 2. The molecule has 26 heavy (non-hydrogen) atoms. The van der Waals surface area contributed by atoms with Crippen molar-refractivity contribution in [1.29, 1.82) is 0 Å². The van der Waals surface area contributed by atoms with Gasteiger partial charge in [0.05, 0.1) is 13.2 Å². The van der Waals surface area contributed by atoms with Crippen molar-refractivity contribution < 1.29 is 19.1 Å². The number of esters is 2. The van der Waals surface area contributed by atoms with Crippen LogP contribution < -0.4 is 0 Å². The van der Waals surface area contributed by atoms with Crippen LogP contribution in [0.1, 0.15) is 79.1 Å². The van der Waals surface area contributed by atoms with E-state index in [-0.39, 0.29) is 11.9 Å². The zero-order valence-corrected chi connectivity index (χ0v) is 17.4. The largest absolute Gasteiger partial charge is 0.462 e. The molecule has 4 nitrogen and oxygen atoms in total. The van der Waals surface area contributed by atoms with Gasteiger partial charge in [-0.15, -0.1) is 0 Å². The average molecular weight is 369 g/mol. The minimum atomic E-state index is -0.310. The molecule has 0 saturated carbocycles. The van der Waals surface area contributed by atoms with E-state index in [2.05, 4.69) is 40.9 Å². The van der Waals surface area contributed by atoms with Crippen LogP contribution >= 0.6 is 0 Å². The van der Waals surface area contributed by atoms with E-state index < -0.39 is 0 Å². The highest BCUT2D eigenvalue weighted by atomic mass is 16.5. The second-order valence-electron chi connectivity index (χ2n) is 6.50. The number of hydrogen-bond donors (Lipinski definition) is 0. The normalized spacial score (nSPS) is 12.2. The Labute approximate surface area is 161 Å². The Hall–Kier alpha value is -1.58. The average Bonchev–Trinajstić information content (AvgIpc) is 2.68. The highest BCUT2D eigenvalue weighted by Gasteiger charge is 2.08. The Balaban J connectivity index is 0. The summed E-state index contributed by atoms with van der Waals surface area (Å²) >= 11 is 0. The third-order valence-corrected chi connectivity index (χ3v) is 4.34. The summed E-state index contributed by atoms with van der Waals surface area (Å²) in [7, 11) is 0. The standard InChI is InChI=1S/2C11H20O2/c2*1-4-7-8-10(5-2)9-13-11(12)6-3/h2*6,10H,3-5,7-9H2,1-2H3. The molecule has 0 fully saturated rings. The van der Waals surface area contributed by atoms with Gasteiger partial charge in [0.15, 0.2) is 0 Å². The van der Waals surface area contributed by atoms with Crippen LogP contribution in [0, 0.1) is 11.8 Å². The molecule has 0 spiro atoms. The van der Waals surface area contributed by atoms with Gasteiger partial charge >= 0.3 is 11.9 Å². The fraction of sp³-hybridized carbons (Fsp3) is 0.727. The van der Waals surface area contributed by atoms with E-state index >= 15 is 0 Å². The molecule has 0 aromatic heterocycles. The molecule has 0 N–H and O–H groups in total. The van der Waals surface area contributed by atoms with Gasteiger partial charge in [-0.25, -0.2) is 9.59 Å². The summed E-state index contributed by atoms with van der Waals surface area (Å²) in [6.07, 6.45) is 11.7. The highest BCUT2D eigenvalue weighted by Crippen LogP contribution is 2.13. The maximum absolute atomic E-state index is 10.8. The van der Waals surface area contributed by atoms with Crippen LogP contribution in [-0.2, 0) is 19.1 Å². The molecule has 0 aromatic rings. The van der Waals surface area contributed by atoms with E-state index in [1.54, 1.807) is 0 Å². The van der Waals surface area contributed by atoms with E-state index in [4.69, 9.17) is 9.47 Å². The van der Waals surface area contributed by atoms with Crippen LogP contribution in [0.3, 0.4) is 0 Å². The zero-order chi connectivity index (χ0) is 20.2. The molecule has 0 amide bonds. The van der Waals surface area contributed by atoms with Gasteiger partial charge < -0.3 is 9.47 Å². The van der Waals surface area contributed by atoms with Crippen molar-refractivity contribution in [3.8, 4) is 0 Å². The lowest BCUT2D eigenvalue weighted by Gasteiger charge is -2.13. The number of hydrogen-bond acceptors (Lipinski definition) is 4. The quantitative estimate of drug-likeness (QED) is 0.284. The molecule has 2 atom stereocenters. The monoisotopic (exact) mass is 368 g/mol. The Morgan fingerprint density at radius 3 is 1.35 bits per heavy atom. The van der Waals surface area contributed by atoms with E-state index in [9.17, 15) is 9.59 Å². The second kappa shape index (κ2) is 19.7. The summed E-state index contributed by atoms with van der Waals surface area (Å²) in [5.74, 6) is 0.414. The molecule has 0 aliphatic heterocycles. The summed E-state index contributed by atoms with van der Waals surface area (Å²) in [4.78, 5) is 21.5. The lowest BCUT2D eigenvalue weighted by molar-refractivity contribution is -0.140. The Kier molecular flexibility index (Phi) is 20.2. The van der Waals surface area contributed by atoms with E-state index in [1.165, 1.54) is 37.8 Å². The Morgan fingerprint density at radius 1 is 0.769 bits per heavy atom. The van der Waals surface area contributed by atoms with Crippen molar-refractivity contribution in [1.82, 2.24) is 0 Å². The molecule has 152 valence electrons. The molecule has 0 radical (unpaired) electrons. The van der Waals surface area contributed by atoms with E-state index in [0.29, 0.717) is 25.0 Å². The third kappa shape index (κ3) is 17.2. The summed E-state index contributed by atoms with van der Waals surface area (Å²) in [6.45, 7) is 16.4. The predicted molar refractivity (Wildman–Crippen MR) is 109 cm³/mol. The van der Waals surface area contributed by atoms with Crippen molar-refractivity contribution in [2.24, 2.45) is 11.8 Å². The topological polar surface area (TPSA) is 52.6 Å². The van der Waals surface area contributed by atoms with E-state index in [0.717, 1.165) is 25.7 Å².